The number of carbonyl (C=O) groups is 3. The number of carbonyl (C=O) groups excluding carboxylic acids is 3. The Kier molecular flexibility index (Phi) is 6.94. The maximum atomic E-state index is 13.3. The minimum atomic E-state index is -0.936. The van der Waals surface area contributed by atoms with E-state index in [-0.39, 0.29) is 27.9 Å². The third kappa shape index (κ3) is 4.37. The van der Waals surface area contributed by atoms with E-state index in [1.165, 1.54) is 4.90 Å². The predicted octanol–water partition coefficient (Wildman–Crippen LogP) is 4.88. The molecule has 0 unspecified atom stereocenters. The van der Waals surface area contributed by atoms with Gasteiger partial charge >= 0.3 is 11.9 Å². The number of esters is 1. The Balaban J connectivity index is 1.91. The van der Waals surface area contributed by atoms with Crippen molar-refractivity contribution in [2.75, 3.05) is 18.6 Å². The van der Waals surface area contributed by atoms with Crippen molar-refractivity contribution in [3.63, 3.8) is 0 Å². The summed E-state index contributed by atoms with van der Waals surface area (Å²) in [5.41, 5.74) is 3.10. The fourth-order valence-corrected chi connectivity index (χ4v) is 5.13. The molecule has 4 rings (SSSR count). The fourth-order valence-electron chi connectivity index (χ4n) is 4.15. The molecular weight excluding hydrogens is 480 g/mol. The van der Waals surface area contributed by atoms with E-state index in [1.807, 2.05) is 26.0 Å². The van der Waals surface area contributed by atoms with Gasteiger partial charge in [0.15, 0.2) is 5.13 Å². The van der Waals surface area contributed by atoms with Crippen molar-refractivity contribution in [1.29, 1.82) is 0 Å². The molecule has 1 aromatic heterocycles. The molecule has 8 nitrogen and oxygen atoms in total. The third-order valence-electron chi connectivity index (χ3n) is 5.96. The molecule has 0 radical (unpaired) electrons. The summed E-state index contributed by atoms with van der Waals surface area (Å²) in [5, 5.41) is 11.5. The number of aliphatic hydroxyl groups is 1. The van der Waals surface area contributed by atoms with Crippen LogP contribution in [0.4, 0.5) is 5.13 Å². The van der Waals surface area contributed by atoms with Crippen LogP contribution in [0.25, 0.3) is 5.76 Å². The van der Waals surface area contributed by atoms with E-state index in [9.17, 15) is 19.5 Å². The van der Waals surface area contributed by atoms with Gasteiger partial charge < -0.3 is 14.6 Å². The van der Waals surface area contributed by atoms with Crippen LogP contribution in [-0.4, -0.2) is 41.5 Å². The number of thiazole rings is 1. The number of hydrogen-bond acceptors (Lipinski definition) is 8. The van der Waals surface area contributed by atoms with Crippen LogP contribution in [0.3, 0.4) is 0 Å². The number of anilines is 1. The Morgan fingerprint density at radius 3 is 2.42 bits per heavy atom. The van der Waals surface area contributed by atoms with E-state index in [1.54, 1.807) is 51.3 Å². The molecule has 186 valence electrons. The highest BCUT2D eigenvalue weighted by Crippen LogP contribution is 2.44. The minimum Gasteiger partial charge on any atom is -0.507 e. The summed E-state index contributed by atoms with van der Waals surface area (Å²) in [6, 6.07) is 11.4. The van der Waals surface area contributed by atoms with Crippen molar-refractivity contribution in [3.05, 3.63) is 80.9 Å². The van der Waals surface area contributed by atoms with Crippen LogP contribution in [0.5, 0.6) is 5.75 Å². The summed E-state index contributed by atoms with van der Waals surface area (Å²) in [6.45, 7) is 7.29. The SMILES string of the molecule is CCOC(=O)c1sc(N2C(=O)C(=O)C(=C(O)c3ccc(OC)c(C)c3)[C@@H]2c2ccc(C)cc2)nc1C. The molecule has 1 N–H and O–H groups in total. The standard InChI is InChI=1S/C27H26N2O6S/c1-6-35-26(33)24-16(4)28-27(36-24)29-21(17-9-7-14(2)8-10-17)20(23(31)25(29)32)22(30)18-11-12-19(34-5)15(3)13-18/h7-13,21,30H,6H2,1-5H3/t21-/m0/s1. The summed E-state index contributed by atoms with van der Waals surface area (Å²) < 4.78 is 10.4. The summed E-state index contributed by atoms with van der Waals surface area (Å²) in [5.74, 6) is -1.89. The lowest BCUT2D eigenvalue weighted by Crippen LogP contribution is -2.29. The quantitative estimate of drug-likeness (QED) is 0.220. The Morgan fingerprint density at radius 2 is 1.81 bits per heavy atom. The van der Waals surface area contributed by atoms with Crippen LogP contribution in [0.1, 0.15) is 50.6 Å². The molecule has 3 aromatic rings. The Morgan fingerprint density at radius 1 is 1.11 bits per heavy atom. The smallest absolute Gasteiger partial charge is 0.350 e. The number of benzene rings is 2. The number of Topliss-reactive ketones (excluding diaryl/α,β-unsaturated/α-hetero) is 1. The normalized spacial score (nSPS) is 16.9. The van der Waals surface area contributed by atoms with E-state index >= 15 is 0 Å². The monoisotopic (exact) mass is 506 g/mol. The van der Waals surface area contributed by atoms with E-state index in [0.717, 1.165) is 22.5 Å². The molecule has 9 heteroatoms. The molecule has 1 atom stereocenters. The van der Waals surface area contributed by atoms with E-state index in [0.29, 0.717) is 22.6 Å². The van der Waals surface area contributed by atoms with Crippen LogP contribution >= 0.6 is 11.3 Å². The lowest BCUT2D eigenvalue weighted by Gasteiger charge is -2.23. The minimum absolute atomic E-state index is 0.0565. The first-order valence-corrected chi connectivity index (χ1v) is 12.2. The van der Waals surface area contributed by atoms with Gasteiger partial charge in [0.1, 0.15) is 16.4 Å². The van der Waals surface area contributed by atoms with Gasteiger partial charge in [-0.15, -0.1) is 0 Å². The molecule has 0 bridgehead atoms. The van der Waals surface area contributed by atoms with Crippen molar-refractivity contribution in [3.8, 4) is 5.75 Å². The van der Waals surface area contributed by atoms with E-state index in [2.05, 4.69) is 4.98 Å². The molecule has 2 aromatic carbocycles. The molecule has 2 heterocycles. The number of amides is 1. The Bertz CT molecular complexity index is 1390. The second kappa shape index (κ2) is 9.94. The average molecular weight is 507 g/mol. The molecule has 0 spiro atoms. The van der Waals surface area contributed by atoms with Crippen molar-refractivity contribution in [2.45, 2.75) is 33.7 Å². The summed E-state index contributed by atoms with van der Waals surface area (Å²) in [6.07, 6.45) is 0. The van der Waals surface area contributed by atoms with Gasteiger partial charge in [-0.1, -0.05) is 41.2 Å². The molecule has 1 aliphatic heterocycles. The molecule has 1 amide bonds. The van der Waals surface area contributed by atoms with Gasteiger partial charge in [-0.05, 0) is 57.0 Å². The number of aliphatic hydroxyl groups excluding tert-OH is 1. The van der Waals surface area contributed by atoms with Crippen molar-refractivity contribution >= 4 is 39.9 Å². The van der Waals surface area contributed by atoms with Crippen molar-refractivity contribution in [1.82, 2.24) is 4.98 Å². The van der Waals surface area contributed by atoms with Crippen molar-refractivity contribution < 1.29 is 29.0 Å². The lowest BCUT2D eigenvalue weighted by atomic mass is 9.94. The van der Waals surface area contributed by atoms with Gasteiger partial charge in [-0.25, -0.2) is 9.78 Å². The number of rotatable bonds is 6. The maximum absolute atomic E-state index is 13.3. The highest BCUT2D eigenvalue weighted by Gasteiger charge is 2.48. The highest BCUT2D eigenvalue weighted by molar-refractivity contribution is 7.17. The average Bonchev–Trinajstić information content (AvgIpc) is 3.36. The first kappa shape index (κ1) is 25.1. The van der Waals surface area contributed by atoms with Crippen LogP contribution in [0.15, 0.2) is 48.0 Å². The second-order valence-corrected chi connectivity index (χ2v) is 9.37. The third-order valence-corrected chi connectivity index (χ3v) is 7.09. The fraction of sp³-hybridized carbons (Fsp3) is 0.259. The number of hydrogen-bond donors (Lipinski definition) is 1. The molecule has 1 saturated heterocycles. The molecule has 36 heavy (non-hydrogen) atoms. The number of nitrogens with zero attached hydrogens (tertiary/aromatic N) is 2. The number of aryl methyl sites for hydroxylation is 3. The number of ketones is 1. The van der Waals surface area contributed by atoms with Crippen LogP contribution in [-0.2, 0) is 14.3 Å². The first-order chi connectivity index (χ1) is 17.2. The van der Waals surface area contributed by atoms with E-state index < -0.39 is 23.7 Å². The molecular formula is C27H26N2O6S. The summed E-state index contributed by atoms with van der Waals surface area (Å²) >= 11 is 0.976. The van der Waals surface area contributed by atoms with Gasteiger partial charge in [0.2, 0.25) is 0 Å². The summed E-state index contributed by atoms with van der Waals surface area (Å²) in [7, 11) is 1.55. The largest absolute Gasteiger partial charge is 0.507 e. The predicted molar refractivity (Wildman–Crippen MR) is 137 cm³/mol. The maximum Gasteiger partial charge on any atom is 0.350 e. The van der Waals surface area contributed by atoms with Gasteiger partial charge in [0, 0.05) is 5.56 Å². The van der Waals surface area contributed by atoms with Crippen molar-refractivity contribution in [2.24, 2.45) is 0 Å². The highest BCUT2D eigenvalue weighted by atomic mass is 32.1. The van der Waals surface area contributed by atoms with Gasteiger partial charge in [0.05, 0.1) is 31.0 Å². The second-order valence-electron chi connectivity index (χ2n) is 8.40. The van der Waals surface area contributed by atoms with Crippen LogP contribution in [0.2, 0.25) is 0 Å². The molecule has 1 fully saturated rings. The van der Waals surface area contributed by atoms with Crippen LogP contribution in [0, 0.1) is 20.8 Å². The van der Waals surface area contributed by atoms with Gasteiger partial charge in [0.25, 0.3) is 5.78 Å². The number of aromatic nitrogens is 1. The van der Waals surface area contributed by atoms with Crippen LogP contribution < -0.4 is 9.64 Å². The lowest BCUT2D eigenvalue weighted by molar-refractivity contribution is -0.132. The Hall–Kier alpha value is -3.98. The molecule has 1 aliphatic rings. The zero-order chi connectivity index (χ0) is 26.1. The number of methoxy groups -OCH3 is 1. The summed E-state index contributed by atoms with van der Waals surface area (Å²) in [4.78, 5) is 45.0. The van der Waals surface area contributed by atoms with Gasteiger partial charge in [-0.3, -0.25) is 14.5 Å². The zero-order valence-corrected chi connectivity index (χ0v) is 21.4. The molecule has 0 aliphatic carbocycles. The number of ether oxygens (including phenoxy) is 2. The van der Waals surface area contributed by atoms with Gasteiger partial charge in [-0.2, -0.15) is 0 Å². The molecule has 0 saturated carbocycles. The van der Waals surface area contributed by atoms with E-state index in [4.69, 9.17) is 9.47 Å². The first-order valence-electron chi connectivity index (χ1n) is 11.3. The topological polar surface area (TPSA) is 106 Å². The Labute approximate surface area is 212 Å². The zero-order valence-electron chi connectivity index (χ0n) is 20.6.